The highest BCUT2D eigenvalue weighted by Crippen LogP contribution is 2.26. The van der Waals surface area contributed by atoms with Crippen LogP contribution in [0.2, 0.25) is 0 Å². The lowest BCUT2D eigenvalue weighted by Gasteiger charge is -2.33. The molecule has 2 heterocycles. The third-order valence-corrected chi connectivity index (χ3v) is 5.87. The van der Waals surface area contributed by atoms with E-state index in [4.69, 9.17) is 4.98 Å². The summed E-state index contributed by atoms with van der Waals surface area (Å²) in [4.78, 5) is 21.3. The third kappa shape index (κ3) is 5.47. The molecule has 2 aromatic rings. The molecule has 0 saturated carbocycles. The summed E-state index contributed by atoms with van der Waals surface area (Å²) in [5.74, 6) is -0.271. The Morgan fingerprint density at radius 1 is 1.19 bits per heavy atom. The molecular formula is C21H26FN3OS. The smallest absolute Gasteiger partial charge is 0.246 e. The van der Waals surface area contributed by atoms with Crippen molar-refractivity contribution in [2.75, 3.05) is 26.2 Å². The Hall–Kier alpha value is -2.05. The number of aromatic nitrogens is 1. The maximum atomic E-state index is 12.9. The summed E-state index contributed by atoms with van der Waals surface area (Å²) in [6.07, 6.45) is 3.30. The van der Waals surface area contributed by atoms with Gasteiger partial charge >= 0.3 is 0 Å². The van der Waals surface area contributed by atoms with Crippen molar-refractivity contribution >= 4 is 23.3 Å². The Kier molecular flexibility index (Phi) is 6.07. The number of rotatable bonds is 4. The van der Waals surface area contributed by atoms with Crippen molar-refractivity contribution in [1.82, 2.24) is 14.8 Å². The van der Waals surface area contributed by atoms with Crippen molar-refractivity contribution in [2.45, 2.75) is 32.7 Å². The molecular weight excluding hydrogens is 361 g/mol. The molecule has 1 aliphatic rings. The van der Waals surface area contributed by atoms with Gasteiger partial charge in [0.2, 0.25) is 5.91 Å². The van der Waals surface area contributed by atoms with E-state index in [-0.39, 0.29) is 17.1 Å². The third-order valence-electron chi connectivity index (χ3n) is 4.55. The molecule has 1 saturated heterocycles. The van der Waals surface area contributed by atoms with Crippen molar-refractivity contribution in [3.63, 3.8) is 0 Å². The van der Waals surface area contributed by atoms with Crippen LogP contribution in [0.4, 0.5) is 4.39 Å². The van der Waals surface area contributed by atoms with Crippen LogP contribution in [-0.4, -0.2) is 46.9 Å². The average molecular weight is 388 g/mol. The second kappa shape index (κ2) is 8.31. The quantitative estimate of drug-likeness (QED) is 0.746. The molecule has 4 nitrogen and oxygen atoms in total. The van der Waals surface area contributed by atoms with Crippen LogP contribution >= 0.6 is 11.3 Å². The highest BCUT2D eigenvalue weighted by molar-refractivity contribution is 7.09. The number of amides is 1. The van der Waals surface area contributed by atoms with Gasteiger partial charge in [0.25, 0.3) is 0 Å². The first kappa shape index (κ1) is 19.7. The maximum Gasteiger partial charge on any atom is 0.246 e. The number of piperazine rings is 1. The topological polar surface area (TPSA) is 36.4 Å². The molecule has 0 radical (unpaired) electrons. The summed E-state index contributed by atoms with van der Waals surface area (Å²) >= 11 is 1.72. The Bertz CT molecular complexity index is 800. The van der Waals surface area contributed by atoms with E-state index in [1.807, 2.05) is 4.90 Å². The van der Waals surface area contributed by atoms with Crippen molar-refractivity contribution in [2.24, 2.45) is 0 Å². The van der Waals surface area contributed by atoms with Crippen molar-refractivity contribution in [3.8, 4) is 0 Å². The van der Waals surface area contributed by atoms with E-state index in [0.29, 0.717) is 13.1 Å². The molecule has 27 heavy (non-hydrogen) atoms. The molecule has 6 heteroatoms. The highest BCUT2D eigenvalue weighted by atomic mass is 32.1. The summed E-state index contributed by atoms with van der Waals surface area (Å²) in [5.41, 5.74) is 2.02. The van der Waals surface area contributed by atoms with Gasteiger partial charge in [-0.25, -0.2) is 9.37 Å². The van der Waals surface area contributed by atoms with Gasteiger partial charge in [-0.15, -0.1) is 11.3 Å². The zero-order valence-electron chi connectivity index (χ0n) is 16.1. The molecule has 144 valence electrons. The van der Waals surface area contributed by atoms with Gasteiger partial charge < -0.3 is 4.90 Å². The molecule has 0 unspecified atom stereocenters. The number of hydrogen-bond donors (Lipinski definition) is 0. The number of carbonyl (C=O) groups excluding carboxylic acids is 1. The lowest BCUT2D eigenvalue weighted by atomic mass is 9.98. The fourth-order valence-electron chi connectivity index (χ4n) is 2.93. The number of carbonyl (C=O) groups is 1. The molecule has 1 amide bonds. The van der Waals surface area contributed by atoms with Crippen LogP contribution in [0.15, 0.2) is 35.7 Å². The molecule has 3 rings (SSSR count). The van der Waals surface area contributed by atoms with E-state index in [2.05, 4.69) is 31.1 Å². The van der Waals surface area contributed by atoms with Gasteiger partial charge in [-0.05, 0) is 23.8 Å². The van der Waals surface area contributed by atoms with E-state index in [0.717, 1.165) is 35.9 Å². The fourth-order valence-corrected chi connectivity index (χ4v) is 3.82. The zero-order valence-corrected chi connectivity index (χ0v) is 16.9. The molecule has 0 aliphatic carbocycles. The van der Waals surface area contributed by atoms with Crippen molar-refractivity contribution in [1.29, 1.82) is 0 Å². The zero-order chi connectivity index (χ0) is 19.4. The monoisotopic (exact) mass is 387 g/mol. The first-order chi connectivity index (χ1) is 12.8. The second-order valence-electron chi connectivity index (χ2n) is 7.88. The molecule has 0 N–H and O–H groups in total. The summed E-state index contributed by atoms with van der Waals surface area (Å²) in [5, 5.41) is 3.31. The van der Waals surface area contributed by atoms with Crippen LogP contribution in [0.3, 0.4) is 0 Å². The van der Waals surface area contributed by atoms with E-state index in [1.54, 1.807) is 35.6 Å². The fraction of sp³-hybridized carbons (Fsp3) is 0.429. The Balaban J connectivity index is 1.49. The van der Waals surface area contributed by atoms with Crippen LogP contribution < -0.4 is 0 Å². The van der Waals surface area contributed by atoms with Crippen LogP contribution in [0.5, 0.6) is 0 Å². The molecule has 1 aliphatic heterocycles. The van der Waals surface area contributed by atoms with Gasteiger partial charge in [0, 0.05) is 49.6 Å². The first-order valence-electron chi connectivity index (χ1n) is 9.21. The normalized spacial score (nSPS) is 16.2. The lowest BCUT2D eigenvalue weighted by molar-refractivity contribution is -0.127. The SMILES string of the molecule is CC(C)(C)c1nc(CN2CCN(C(=O)/C=C/c3ccc(F)cc3)CC2)cs1. The molecule has 0 atom stereocenters. The van der Waals surface area contributed by atoms with Crippen LogP contribution in [0, 0.1) is 5.82 Å². The maximum absolute atomic E-state index is 12.9. The van der Waals surface area contributed by atoms with Gasteiger partial charge in [-0.2, -0.15) is 0 Å². The summed E-state index contributed by atoms with van der Waals surface area (Å²) < 4.78 is 12.9. The minimum absolute atomic E-state index is 0.00246. The second-order valence-corrected chi connectivity index (χ2v) is 8.74. The van der Waals surface area contributed by atoms with E-state index < -0.39 is 0 Å². The molecule has 0 spiro atoms. The van der Waals surface area contributed by atoms with Crippen molar-refractivity contribution < 1.29 is 9.18 Å². The number of thiazole rings is 1. The Labute approximate surface area is 164 Å². The van der Waals surface area contributed by atoms with Gasteiger partial charge in [0.15, 0.2) is 0 Å². The lowest BCUT2D eigenvalue weighted by Crippen LogP contribution is -2.47. The highest BCUT2D eigenvalue weighted by Gasteiger charge is 2.22. The Morgan fingerprint density at radius 3 is 2.44 bits per heavy atom. The van der Waals surface area contributed by atoms with E-state index in [9.17, 15) is 9.18 Å². The number of hydrogen-bond acceptors (Lipinski definition) is 4. The predicted molar refractivity (Wildman–Crippen MR) is 108 cm³/mol. The summed E-state index contributed by atoms with van der Waals surface area (Å²) in [6.45, 7) is 10.5. The minimum Gasteiger partial charge on any atom is -0.337 e. The standard InChI is InChI=1S/C21H26FN3OS/c1-21(2,3)20-23-18(15-27-20)14-24-10-12-25(13-11-24)19(26)9-6-16-4-7-17(22)8-5-16/h4-9,15H,10-14H2,1-3H3/b9-6+. The predicted octanol–water partition coefficient (Wildman–Crippen LogP) is 3.94. The van der Waals surface area contributed by atoms with Crippen molar-refractivity contribution in [3.05, 3.63) is 57.8 Å². The first-order valence-corrected chi connectivity index (χ1v) is 10.1. The largest absolute Gasteiger partial charge is 0.337 e. The average Bonchev–Trinajstić information content (AvgIpc) is 3.10. The van der Waals surface area contributed by atoms with Gasteiger partial charge in [0.05, 0.1) is 10.7 Å². The minimum atomic E-state index is -0.274. The number of benzene rings is 1. The van der Waals surface area contributed by atoms with Crippen LogP contribution in [0.1, 0.15) is 37.0 Å². The van der Waals surface area contributed by atoms with Gasteiger partial charge in [-0.3, -0.25) is 9.69 Å². The Morgan fingerprint density at radius 2 is 1.85 bits per heavy atom. The van der Waals surface area contributed by atoms with Gasteiger partial charge in [0.1, 0.15) is 5.82 Å². The van der Waals surface area contributed by atoms with Crippen LogP contribution in [0.25, 0.3) is 6.08 Å². The molecule has 1 fully saturated rings. The molecule has 1 aromatic heterocycles. The van der Waals surface area contributed by atoms with Gasteiger partial charge in [-0.1, -0.05) is 32.9 Å². The number of nitrogens with zero attached hydrogens (tertiary/aromatic N) is 3. The van der Waals surface area contributed by atoms with Crippen LogP contribution in [-0.2, 0) is 16.8 Å². The van der Waals surface area contributed by atoms with E-state index in [1.165, 1.54) is 12.1 Å². The number of halogens is 1. The summed E-state index contributed by atoms with van der Waals surface area (Å²) in [6, 6.07) is 6.12. The summed E-state index contributed by atoms with van der Waals surface area (Å²) in [7, 11) is 0. The van der Waals surface area contributed by atoms with E-state index >= 15 is 0 Å². The molecule has 1 aromatic carbocycles. The molecule has 0 bridgehead atoms.